The van der Waals surface area contributed by atoms with Crippen molar-refractivity contribution in [3.8, 4) is 0 Å². The normalized spacial score (nSPS) is 14.7. The van der Waals surface area contributed by atoms with Gasteiger partial charge in [-0.1, -0.05) is 265 Å². The highest BCUT2D eigenvalue weighted by Crippen LogP contribution is 2.45. The molecule has 518 valence electrons. The Morgan fingerprint density at radius 3 is 1.01 bits per heavy atom. The zero-order chi connectivity index (χ0) is 65.2. The molecule has 0 aromatic rings. The maximum atomic E-state index is 13.0. The average molecular weight is 1290 g/mol. The summed E-state index contributed by atoms with van der Waals surface area (Å²) in [5.74, 6) is 0.0149. The molecule has 0 rings (SSSR count). The lowest BCUT2D eigenvalue weighted by Gasteiger charge is -2.21. The third kappa shape index (κ3) is 61.1. The van der Waals surface area contributed by atoms with Gasteiger partial charge in [-0.15, -0.1) is 0 Å². The maximum Gasteiger partial charge on any atom is 0.472 e. The molecule has 0 aromatic heterocycles. The fourth-order valence-electron chi connectivity index (χ4n) is 9.79. The average Bonchev–Trinajstić information content (AvgIpc) is 3.70. The maximum absolute atomic E-state index is 13.0. The van der Waals surface area contributed by atoms with Gasteiger partial charge in [0.05, 0.1) is 26.4 Å². The van der Waals surface area contributed by atoms with Crippen LogP contribution in [0.1, 0.15) is 318 Å². The first-order valence-corrected chi connectivity index (χ1v) is 38.2. The molecular formula is C69H130O17P2. The summed E-state index contributed by atoms with van der Waals surface area (Å²) in [4.78, 5) is 72.4. The summed E-state index contributed by atoms with van der Waals surface area (Å²) >= 11 is 0. The minimum absolute atomic E-state index is 0.0833. The van der Waals surface area contributed by atoms with E-state index in [9.17, 15) is 43.2 Å². The zero-order valence-corrected chi connectivity index (χ0v) is 58.5. The van der Waals surface area contributed by atoms with Crippen LogP contribution in [0.3, 0.4) is 0 Å². The van der Waals surface area contributed by atoms with Crippen LogP contribution >= 0.6 is 15.6 Å². The quantitative estimate of drug-likeness (QED) is 0.0169. The number of rotatable bonds is 65. The van der Waals surface area contributed by atoms with Crippen molar-refractivity contribution in [1.82, 2.24) is 0 Å². The molecule has 0 amide bonds. The number of phosphoric ester groups is 2. The molecule has 3 unspecified atom stereocenters. The van der Waals surface area contributed by atoms with E-state index in [-0.39, 0.29) is 25.7 Å². The molecule has 0 aliphatic rings. The summed E-state index contributed by atoms with van der Waals surface area (Å²) in [6.07, 6.45) is 45.5. The van der Waals surface area contributed by atoms with Crippen molar-refractivity contribution in [2.24, 2.45) is 17.8 Å². The van der Waals surface area contributed by atoms with E-state index < -0.39 is 97.5 Å². The predicted molar refractivity (Wildman–Crippen MR) is 354 cm³/mol. The smallest absolute Gasteiger partial charge is 0.462 e. The Hall–Kier alpha value is -2.46. The number of hydrogen-bond donors (Lipinski definition) is 3. The second kappa shape index (κ2) is 59.5. The van der Waals surface area contributed by atoms with Crippen molar-refractivity contribution in [3.05, 3.63) is 24.3 Å². The largest absolute Gasteiger partial charge is 0.472 e. The van der Waals surface area contributed by atoms with E-state index in [1.54, 1.807) is 0 Å². The first-order chi connectivity index (χ1) is 42.3. The molecule has 0 fully saturated rings. The van der Waals surface area contributed by atoms with Gasteiger partial charge in [-0.2, -0.15) is 0 Å². The van der Waals surface area contributed by atoms with Crippen LogP contribution in [0.4, 0.5) is 0 Å². The lowest BCUT2D eigenvalue weighted by Crippen LogP contribution is -2.30. The van der Waals surface area contributed by atoms with Crippen molar-refractivity contribution >= 4 is 39.5 Å². The number of allylic oxidation sites excluding steroid dienone is 4. The van der Waals surface area contributed by atoms with E-state index in [0.29, 0.717) is 37.5 Å². The van der Waals surface area contributed by atoms with E-state index in [1.165, 1.54) is 109 Å². The van der Waals surface area contributed by atoms with Crippen molar-refractivity contribution in [3.63, 3.8) is 0 Å². The third-order valence-electron chi connectivity index (χ3n) is 15.6. The van der Waals surface area contributed by atoms with Gasteiger partial charge in [-0.05, 0) is 69.1 Å². The Morgan fingerprint density at radius 1 is 0.375 bits per heavy atom. The van der Waals surface area contributed by atoms with Gasteiger partial charge in [-0.25, -0.2) is 9.13 Å². The van der Waals surface area contributed by atoms with Crippen LogP contribution in [-0.2, 0) is 65.4 Å². The molecule has 0 aliphatic heterocycles. The van der Waals surface area contributed by atoms with E-state index >= 15 is 0 Å². The SMILES string of the molecule is CCCCCC/C=C\C=C/CCCCCCCC(=O)O[C@H](COC(=O)CCCCCCCCC(C)C)COP(=O)(O)OC[C@H](O)COP(=O)(O)OC[C@@H](COC(=O)CCCCCCCCCCCCC(C)CC)OC(=O)CCCCCCCCCC(C)C. The number of carbonyl (C=O) groups excluding carboxylic acids is 4. The number of aliphatic hydroxyl groups is 1. The lowest BCUT2D eigenvalue weighted by atomic mass is 9.99. The summed E-state index contributed by atoms with van der Waals surface area (Å²) in [5, 5.41) is 10.6. The Kier molecular flexibility index (Phi) is 57.9. The van der Waals surface area contributed by atoms with Gasteiger partial charge in [0.25, 0.3) is 0 Å². The standard InChI is InChI=1S/C69H130O17P2/c1-8-10-11-12-13-14-15-16-17-18-19-24-29-38-45-52-68(73)85-65(57-80-67(72)51-44-37-32-31-34-41-48-61(5)6)59-84-88(77,78)82-55-63(70)54-81-87(75,76)83-58-64(86-69(74)53-46-39-30-25-26-33-40-47-60(3)4)56-79-66(71)50-43-36-28-23-21-20-22-27-35-42-49-62(7)9-2/h14-17,60-65,70H,8-13,18-59H2,1-7H3,(H,75,76)(H,77,78)/b15-14-,17-16-/t62?,63-,64-,65-/m1/s1. The van der Waals surface area contributed by atoms with E-state index in [0.717, 1.165) is 115 Å². The highest BCUT2D eigenvalue weighted by molar-refractivity contribution is 7.47. The molecule has 0 saturated heterocycles. The minimum Gasteiger partial charge on any atom is -0.462 e. The summed E-state index contributed by atoms with van der Waals surface area (Å²) in [7, 11) is -9.91. The number of unbranched alkanes of at least 4 members (excludes halogenated alkanes) is 29. The number of hydrogen-bond acceptors (Lipinski definition) is 15. The van der Waals surface area contributed by atoms with Crippen LogP contribution < -0.4 is 0 Å². The van der Waals surface area contributed by atoms with Crippen LogP contribution in [0.5, 0.6) is 0 Å². The second-order valence-corrected chi connectivity index (χ2v) is 28.3. The summed E-state index contributed by atoms with van der Waals surface area (Å²) in [5.41, 5.74) is 0. The van der Waals surface area contributed by atoms with Gasteiger partial charge in [0.2, 0.25) is 0 Å². The predicted octanol–water partition coefficient (Wildman–Crippen LogP) is 19.0. The molecular weight excluding hydrogens is 1160 g/mol. The first kappa shape index (κ1) is 85.5. The molecule has 19 heteroatoms. The van der Waals surface area contributed by atoms with Crippen molar-refractivity contribution in [2.45, 2.75) is 336 Å². The third-order valence-corrected chi connectivity index (χ3v) is 17.5. The Morgan fingerprint density at radius 2 is 0.670 bits per heavy atom. The Bertz CT molecular complexity index is 1830. The number of phosphoric acid groups is 2. The highest BCUT2D eigenvalue weighted by atomic mass is 31.2. The Labute approximate surface area is 535 Å². The number of ether oxygens (including phenoxy) is 4. The monoisotopic (exact) mass is 1290 g/mol. The van der Waals surface area contributed by atoms with Crippen molar-refractivity contribution in [2.75, 3.05) is 39.6 Å². The van der Waals surface area contributed by atoms with Crippen molar-refractivity contribution < 1.29 is 80.2 Å². The van der Waals surface area contributed by atoms with Gasteiger partial charge >= 0.3 is 39.5 Å². The minimum atomic E-state index is -4.96. The number of esters is 4. The van der Waals surface area contributed by atoms with Crippen LogP contribution in [0.25, 0.3) is 0 Å². The van der Waals surface area contributed by atoms with Crippen LogP contribution in [-0.4, -0.2) is 96.7 Å². The topological polar surface area (TPSA) is 237 Å². The summed E-state index contributed by atoms with van der Waals surface area (Å²) < 4.78 is 68.1. The summed E-state index contributed by atoms with van der Waals surface area (Å²) in [6.45, 7) is 11.6. The molecule has 88 heavy (non-hydrogen) atoms. The number of carbonyl (C=O) groups is 4. The molecule has 0 spiro atoms. The molecule has 3 N–H and O–H groups in total. The van der Waals surface area contributed by atoms with E-state index in [1.807, 2.05) is 0 Å². The van der Waals surface area contributed by atoms with Gasteiger partial charge in [0.15, 0.2) is 12.2 Å². The lowest BCUT2D eigenvalue weighted by molar-refractivity contribution is -0.161. The van der Waals surface area contributed by atoms with Gasteiger partial charge in [-0.3, -0.25) is 37.3 Å². The van der Waals surface area contributed by atoms with Crippen molar-refractivity contribution in [1.29, 1.82) is 0 Å². The van der Waals surface area contributed by atoms with E-state index in [2.05, 4.69) is 72.8 Å². The molecule has 6 atom stereocenters. The fourth-order valence-corrected chi connectivity index (χ4v) is 11.4. The molecule has 0 aliphatic carbocycles. The Balaban J connectivity index is 5.26. The molecule has 0 radical (unpaired) electrons. The molecule has 17 nitrogen and oxygen atoms in total. The van der Waals surface area contributed by atoms with Crippen LogP contribution in [0.2, 0.25) is 0 Å². The fraction of sp³-hybridized carbons (Fsp3) is 0.884. The second-order valence-electron chi connectivity index (χ2n) is 25.4. The molecule has 0 bridgehead atoms. The molecule has 0 aromatic carbocycles. The zero-order valence-electron chi connectivity index (χ0n) is 56.7. The van der Waals surface area contributed by atoms with Gasteiger partial charge < -0.3 is 33.8 Å². The van der Waals surface area contributed by atoms with Gasteiger partial charge in [0, 0.05) is 25.7 Å². The van der Waals surface area contributed by atoms with E-state index in [4.69, 9.17) is 37.0 Å². The highest BCUT2D eigenvalue weighted by Gasteiger charge is 2.30. The van der Waals surface area contributed by atoms with Crippen LogP contribution in [0.15, 0.2) is 24.3 Å². The molecule has 0 saturated carbocycles. The molecule has 0 heterocycles. The van der Waals surface area contributed by atoms with Crippen LogP contribution in [0, 0.1) is 17.8 Å². The number of aliphatic hydroxyl groups excluding tert-OH is 1. The van der Waals surface area contributed by atoms with Gasteiger partial charge in [0.1, 0.15) is 19.3 Å². The first-order valence-electron chi connectivity index (χ1n) is 35.2. The summed E-state index contributed by atoms with van der Waals surface area (Å²) in [6, 6.07) is 0.